The number of rotatable bonds is 12. The van der Waals surface area contributed by atoms with Crippen molar-refractivity contribution < 1.29 is 32.7 Å². The molecule has 2 N–H and O–H groups in total. The van der Waals surface area contributed by atoms with Crippen LogP contribution in [0.4, 0.5) is 20.3 Å². The molecule has 3 atom stereocenters. The molecule has 0 radical (unpaired) electrons. The molecule has 1 aromatic carbocycles. The molecule has 1 unspecified atom stereocenters. The second kappa shape index (κ2) is 17.2. The number of imide groups is 1. The minimum Gasteiger partial charge on any atom is -0.374 e. The van der Waals surface area contributed by atoms with Crippen molar-refractivity contribution in [2.24, 2.45) is 13.0 Å². The Hall–Kier alpha value is -6.02. The van der Waals surface area contributed by atoms with Crippen molar-refractivity contribution >= 4 is 51.8 Å². The molecule has 4 aliphatic heterocycles. The lowest BCUT2D eigenvalue weighted by Gasteiger charge is -2.38. The Morgan fingerprint density at radius 2 is 1.83 bits per heavy atom. The Bertz CT molecular complexity index is 2670. The molecule has 1 aliphatic carbocycles. The van der Waals surface area contributed by atoms with Gasteiger partial charge in [-0.15, -0.1) is 0 Å². The molecule has 8 heterocycles. The average Bonchev–Trinajstić information content (AvgIpc) is 4.14. The van der Waals surface area contributed by atoms with Crippen LogP contribution in [-0.4, -0.2) is 125 Å². The van der Waals surface area contributed by atoms with Crippen LogP contribution in [0.15, 0.2) is 47.7 Å². The van der Waals surface area contributed by atoms with Crippen molar-refractivity contribution in [3.8, 4) is 0 Å². The molecular weight excluding hydrogens is 831 g/mol. The summed E-state index contributed by atoms with van der Waals surface area (Å²) < 4.78 is 40.5. The summed E-state index contributed by atoms with van der Waals surface area (Å²) in [6.07, 6.45) is 8.29. The largest absolute Gasteiger partial charge is 0.374 e. The van der Waals surface area contributed by atoms with E-state index in [-0.39, 0.29) is 59.8 Å². The van der Waals surface area contributed by atoms with Crippen LogP contribution in [0.2, 0.25) is 0 Å². The third kappa shape index (κ3) is 7.94. The van der Waals surface area contributed by atoms with Crippen molar-refractivity contribution in [2.45, 2.75) is 94.9 Å². The van der Waals surface area contributed by atoms with Gasteiger partial charge in [0.25, 0.3) is 12.3 Å². The van der Waals surface area contributed by atoms with Crippen LogP contribution in [0.25, 0.3) is 16.7 Å². The first kappa shape index (κ1) is 42.0. The number of aromatic nitrogens is 7. The predicted molar refractivity (Wildman–Crippen MR) is 229 cm³/mol. The number of halogens is 2. The Morgan fingerprint density at radius 1 is 1.02 bits per heavy atom. The third-order valence-electron chi connectivity index (χ3n) is 14.0. The number of alkyl halides is 2. The zero-order valence-electron chi connectivity index (χ0n) is 35.7. The zero-order chi connectivity index (χ0) is 44.2. The molecule has 338 valence electrons. The maximum atomic E-state index is 14.3. The van der Waals surface area contributed by atoms with Gasteiger partial charge in [-0.05, 0) is 75.0 Å². The lowest BCUT2D eigenvalue weighted by molar-refractivity contribution is -0.136. The number of piperazine rings is 1. The maximum Gasteiger partial charge on any atom is 0.329 e. The number of amides is 4. The summed E-state index contributed by atoms with van der Waals surface area (Å²) in [5.41, 5.74) is 2.02. The molecule has 20 heteroatoms. The van der Waals surface area contributed by atoms with Gasteiger partial charge < -0.3 is 19.9 Å². The van der Waals surface area contributed by atoms with E-state index in [1.54, 1.807) is 22.5 Å². The van der Waals surface area contributed by atoms with Crippen LogP contribution in [0.5, 0.6) is 0 Å². The molecule has 5 aromatic rings. The van der Waals surface area contributed by atoms with Gasteiger partial charge in [0.2, 0.25) is 17.7 Å². The standard InChI is InChI=1S/C44H52F2N12O6/c1-52-39-27(4-2-6-33(39)58(44(52)63)34-12-13-36(59)50-43(34)62)5-3-7-37(60)54-18-16-53(17-19-54)22-26-8-10-28(11-9-26)57-24-32(38(51-57)40(45)46)48-42(61)31-21-47-56-15-14-35(49-41(31)56)55-23-30-20-29(55)25-64-30/h2,4,6,14-15,21,24,26,28-30,34,40H,3,5,7-13,16-20,22-23,25H2,1H3,(H,48,61)(H,50,59,62)/t26-,28-,29-,30-,34?/m1/s1. The van der Waals surface area contributed by atoms with Crippen LogP contribution < -0.4 is 21.2 Å². The number of nitrogens with zero attached hydrogens (tertiary/aromatic N) is 10. The molecule has 0 spiro atoms. The molecule has 64 heavy (non-hydrogen) atoms. The third-order valence-corrected chi connectivity index (χ3v) is 14.0. The number of nitrogens with one attached hydrogen (secondary N) is 2. The van der Waals surface area contributed by atoms with Gasteiger partial charge in [0.1, 0.15) is 17.4 Å². The fraction of sp³-hybridized carbons (Fsp3) is 0.545. The number of ether oxygens (including phenoxy) is 1. The van der Waals surface area contributed by atoms with Crippen molar-refractivity contribution in [3.63, 3.8) is 0 Å². The first-order chi connectivity index (χ1) is 31.0. The minimum absolute atomic E-state index is 0.0231. The van der Waals surface area contributed by atoms with E-state index in [0.717, 1.165) is 75.2 Å². The molecule has 10 rings (SSSR count). The van der Waals surface area contributed by atoms with Gasteiger partial charge in [-0.3, -0.25) is 43.2 Å². The molecule has 2 bridgehead atoms. The summed E-state index contributed by atoms with van der Waals surface area (Å²) in [4.78, 5) is 75.8. The van der Waals surface area contributed by atoms with E-state index in [1.807, 2.05) is 29.2 Å². The van der Waals surface area contributed by atoms with Crippen molar-refractivity contribution in [1.29, 1.82) is 0 Å². The van der Waals surface area contributed by atoms with E-state index in [4.69, 9.17) is 9.72 Å². The summed E-state index contributed by atoms with van der Waals surface area (Å²) in [6, 6.07) is 6.89. The fourth-order valence-electron chi connectivity index (χ4n) is 10.6. The number of benzene rings is 1. The van der Waals surface area contributed by atoms with Crippen molar-refractivity contribution in [1.82, 2.24) is 48.6 Å². The van der Waals surface area contributed by atoms with Gasteiger partial charge in [0.05, 0.1) is 47.7 Å². The monoisotopic (exact) mass is 882 g/mol. The Kier molecular flexibility index (Phi) is 11.3. The highest BCUT2D eigenvalue weighted by atomic mass is 19.3. The summed E-state index contributed by atoms with van der Waals surface area (Å²) >= 11 is 0. The molecule has 4 aromatic heterocycles. The number of anilines is 2. The number of aryl methyl sites for hydroxylation is 2. The molecule has 5 fully saturated rings. The topological polar surface area (TPSA) is 186 Å². The van der Waals surface area contributed by atoms with Gasteiger partial charge in [0, 0.05) is 71.6 Å². The van der Waals surface area contributed by atoms with Gasteiger partial charge >= 0.3 is 5.69 Å². The average molecular weight is 883 g/mol. The van der Waals surface area contributed by atoms with Crippen LogP contribution in [0, 0.1) is 5.92 Å². The highest BCUT2D eigenvalue weighted by Crippen LogP contribution is 2.36. The predicted octanol–water partition coefficient (Wildman–Crippen LogP) is 3.62. The van der Waals surface area contributed by atoms with E-state index in [1.165, 1.54) is 21.5 Å². The number of fused-ring (bicyclic) bond motifs is 4. The molecule has 18 nitrogen and oxygen atoms in total. The number of para-hydroxylation sites is 1. The highest BCUT2D eigenvalue weighted by molar-refractivity contribution is 6.08. The summed E-state index contributed by atoms with van der Waals surface area (Å²) in [5, 5.41) is 13.6. The second-order valence-electron chi connectivity index (χ2n) is 17.9. The van der Waals surface area contributed by atoms with E-state index < -0.39 is 30.0 Å². The highest BCUT2D eigenvalue weighted by Gasteiger charge is 2.40. The number of carbonyl (C=O) groups is 4. The number of morpholine rings is 1. The number of carbonyl (C=O) groups excluding carboxylic acids is 4. The van der Waals surface area contributed by atoms with E-state index in [0.29, 0.717) is 56.0 Å². The molecule has 4 amide bonds. The quantitative estimate of drug-likeness (QED) is 0.175. The van der Waals surface area contributed by atoms with Crippen molar-refractivity contribution in [2.75, 3.05) is 56.1 Å². The van der Waals surface area contributed by atoms with Crippen LogP contribution in [0.3, 0.4) is 0 Å². The molecule has 4 saturated heterocycles. The maximum absolute atomic E-state index is 14.3. The Morgan fingerprint density at radius 3 is 2.56 bits per heavy atom. The number of hydrogen-bond donors (Lipinski definition) is 2. The van der Waals surface area contributed by atoms with E-state index >= 15 is 0 Å². The Labute approximate surface area is 366 Å². The SMILES string of the molecule is Cn1c(=O)n(C2CCC(=O)NC2=O)c2cccc(CCCC(=O)N3CCN(C[C@H]4CC[C@H](n5cc(NC(=O)c6cnn7ccc(N8C[C@H]9C[C@@H]8CO9)nc67)c(C(F)F)n5)CC4)CC3)c21. The van der Waals surface area contributed by atoms with E-state index in [2.05, 4.69) is 30.6 Å². The van der Waals surface area contributed by atoms with Crippen LogP contribution >= 0.6 is 0 Å². The minimum atomic E-state index is -2.88. The number of hydrogen-bond acceptors (Lipinski definition) is 11. The van der Waals surface area contributed by atoms with Gasteiger partial charge in [-0.1, -0.05) is 12.1 Å². The van der Waals surface area contributed by atoms with Gasteiger partial charge in [-0.25, -0.2) is 23.1 Å². The summed E-state index contributed by atoms with van der Waals surface area (Å²) in [7, 11) is 1.68. The second-order valence-corrected chi connectivity index (χ2v) is 17.9. The normalized spacial score (nSPS) is 24.1. The number of piperidine rings is 1. The summed E-state index contributed by atoms with van der Waals surface area (Å²) in [5.74, 6) is -0.133. The van der Waals surface area contributed by atoms with Crippen LogP contribution in [0.1, 0.15) is 97.9 Å². The van der Waals surface area contributed by atoms with Crippen LogP contribution in [-0.2, 0) is 32.6 Å². The lowest BCUT2D eigenvalue weighted by Crippen LogP contribution is -2.50. The van der Waals surface area contributed by atoms with Gasteiger partial charge in [0.15, 0.2) is 11.3 Å². The zero-order valence-corrected chi connectivity index (χ0v) is 35.7. The smallest absolute Gasteiger partial charge is 0.329 e. The first-order valence-corrected chi connectivity index (χ1v) is 22.4. The van der Waals surface area contributed by atoms with E-state index in [9.17, 15) is 32.8 Å². The molecule has 5 aliphatic rings. The van der Waals surface area contributed by atoms with Crippen molar-refractivity contribution in [3.05, 3.63) is 70.2 Å². The lowest BCUT2D eigenvalue weighted by atomic mass is 9.85. The number of imidazole rings is 1. The fourth-order valence-corrected chi connectivity index (χ4v) is 10.6. The van der Waals surface area contributed by atoms with Gasteiger partial charge in [-0.2, -0.15) is 10.2 Å². The summed E-state index contributed by atoms with van der Waals surface area (Å²) in [6.45, 7) is 5.11. The Balaban J connectivity index is 0.693. The molecular formula is C44H52F2N12O6. The first-order valence-electron chi connectivity index (χ1n) is 22.4. The molecule has 1 saturated carbocycles.